The van der Waals surface area contributed by atoms with Crippen molar-refractivity contribution in [2.75, 3.05) is 0 Å². The van der Waals surface area contributed by atoms with E-state index in [1.165, 1.54) is 0 Å². The fraction of sp³-hybridized carbons (Fsp3) is 1.00. The van der Waals surface area contributed by atoms with Gasteiger partial charge in [0.1, 0.15) is 0 Å². The van der Waals surface area contributed by atoms with Crippen molar-refractivity contribution in [1.29, 1.82) is 0 Å². The zero-order chi connectivity index (χ0) is 23.8. The van der Waals surface area contributed by atoms with Crippen LogP contribution in [0.1, 0.15) is 105 Å². The molecule has 4 aliphatic rings. The van der Waals surface area contributed by atoms with Gasteiger partial charge in [0.15, 0.2) is 5.60 Å². The standard InChI is InChI=1S/C26H44F3NO2/c1-21(31)14-15-23(3)18(16-21)9-13-25(30)19-8-7-17(22(19,2)12-10-20(23)25)6-5-11-24(4,32)26(27,28)29/h17-20,31-32H,5-16,30H2,1-4H3/t17?,18?,19-,20?,21+,22?,23?,24?,25?/m1/s1. The van der Waals surface area contributed by atoms with Crippen LogP contribution in [0.2, 0.25) is 0 Å². The van der Waals surface area contributed by atoms with Gasteiger partial charge in [0.25, 0.3) is 0 Å². The first-order chi connectivity index (χ1) is 14.6. The lowest BCUT2D eigenvalue weighted by atomic mass is 9.41. The Morgan fingerprint density at radius 1 is 0.906 bits per heavy atom. The molecule has 0 heterocycles. The molecule has 4 saturated carbocycles. The van der Waals surface area contributed by atoms with Gasteiger partial charge in [-0.3, -0.25) is 0 Å². The van der Waals surface area contributed by atoms with E-state index < -0.39 is 17.4 Å². The Balaban J connectivity index is 1.47. The van der Waals surface area contributed by atoms with Crippen LogP contribution in [0, 0.1) is 34.5 Å². The molecular weight excluding hydrogens is 415 g/mol. The second kappa shape index (κ2) is 7.58. The van der Waals surface area contributed by atoms with Gasteiger partial charge in [0.05, 0.1) is 5.60 Å². The highest BCUT2D eigenvalue weighted by Crippen LogP contribution is 2.69. The van der Waals surface area contributed by atoms with Crippen molar-refractivity contribution in [1.82, 2.24) is 0 Å². The zero-order valence-corrected chi connectivity index (χ0v) is 20.4. The van der Waals surface area contributed by atoms with Gasteiger partial charge in [-0.2, -0.15) is 13.2 Å². The number of hydrogen-bond donors (Lipinski definition) is 3. The van der Waals surface area contributed by atoms with Crippen molar-refractivity contribution in [3.63, 3.8) is 0 Å². The Bertz CT molecular complexity index is 722. The molecule has 0 radical (unpaired) electrons. The Hall–Kier alpha value is -0.330. The van der Waals surface area contributed by atoms with Gasteiger partial charge in [0, 0.05) is 5.54 Å². The molecule has 0 aromatic carbocycles. The van der Waals surface area contributed by atoms with Crippen LogP contribution in [0.25, 0.3) is 0 Å². The van der Waals surface area contributed by atoms with Crippen LogP contribution in [0.4, 0.5) is 13.2 Å². The van der Waals surface area contributed by atoms with E-state index >= 15 is 0 Å². The SMILES string of the molecule is CC12CC[C@](C)(O)CC1CCC1(N)C2CCC2(C)C(CCCC(C)(O)C(F)(F)F)CC[C@H]21. The summed E-state index contributed by atoms with van der Waals surface area (Å²) in [6, 6.07) is 0. The summed E-state index contributed by atoms with van der Waals surface area (Å²) in [5.41, 5.74) is 4.26. The number of fused-ring (bicyclic) bond motifs is 5. The van der Waals surface area contributed by atoms with E-state index in [1.54, 1.807) is 0 Å². The van der Waals surface area contributed by atoms with Gasteiger partial charge in [-0.05, 0) is 125 Å². The quantitative estimate of drug-likeness (QED) is 0.486. The van der Waals surface area contributed by atoms with E-state index in [0.29, 0.717) is 30.1 Å². The molecule has 4 rings (SSSR count). The van der Waals surface area contributed by atoms with Crippen molar-refractivity contribution in [2.24, 2.45) is 40.2 Å². The molecule has 0 aromatic heterocycles. The summed E-state index contributed by atoms with van der Waals surface area (Å²) < 4.78 is 39.2. The normalized spacial score (nSPS) is 50.8. The van der Waals surface area contributed by atoms with Gasteiger partial charge in [-0.1, -0.05) is 13.8 Å². The fourth-order valence-corrected chi connectivity index (χ4v) is 9.06. The number of hydrogen-bond acceptors (Lipinski definition) is 3. The second-order valence-corrected chi connectivity index (χ2v) is 13.1. The molecule has 0 aromatic rings. The maximum absolute atomic E-state index is 13.1. The predicted molar refractivity (Wildman–Crippen MR) is 120 cm³/mol. The lowest BCUT2D eigenvalue weighted by Crippen LogP contribution is -2.68. The molecule has 186 valence electrons. The van der Waals surface area contributed by atoms with Crippen LogP contribution in [0.5, 0.6) is 0 Å². The topological polar surface area (TPSA) is 66.5 Å². The number of nitrogens with two attached hydrogens (primary N) is 1. The fourth-order valence-electron chi connectivity index (χ4n) is 9.06. The van der Waals surface area contributed by atoms with Gasteiger partial charge in [-0.15, -0.1) is 0 Å². The van der Waals surface area contributed by atoms with Crippen molar-refractivity contribution < 1.29 is 23.4 Å². The van der Waals surface area contributed by atoms with Crippen LogP contribution < -0.4 is 5.73 Å². The first-order valence-corrected chi connectivity index (χ1v) is 12.9. The molecule has 7 unspecified atom stereocenters. The minimum atomic E-state index is -4.58. The summed E-state index contributed by atoms with van der Waals surface area (Å²) in [7, 11) is 0. The van der Waals surface area contributed by atoms with Crippen LogP contribution in [0.3, 0.4) is 0 Å². The summed E-state index contributed by atoms with van der Waals surface area (Å²) in [4.78, 5) is 0. The lowest BCUT2D eigenvalue weighted by molar-refractivity contribution is -0.255. The summed E-state index contributed by atoms with van der Waals surface area (Å²) >= 11 is 0. The number of halogens is 3. The minimum Gasteiger partial charge on any atom is -0.390 e. The van der Waals surface area contributed by atoms with E-state index in [-0.39, 0.29) is 22.8 Å². The van der Waals surface area contributed by atoms with Crippen molar-refractivity contribution in [2.45, 2.75) is 128 Å². The van der Waals surface area contributed by atoms with Crippen molar-refractivity contribution in [3.8, 4) is 0 Å². The minimum absolute atomic E-state index is 0.0820. The van der Waals surface area contributed by atoms with Crippen LogP contribution in [-0.4, -0.2) is 33.1 Å². The maximum atomic E-state index is 13.1. The average molecular weight is 460 g/mol. The summed E-state index contributed by atoms with van der Waals surface area (Å²) in [5, 5.41) is 20.5. The third-order valence-electron chi connectivity index (χ3n) is 11.2. The van der Waals surface area contributed by atoms with Crippen LogP contribution >= 0.6 is 0 Å². The summed E-state index contributed by atoms with van der Waals surface area (Å²) in [5.74, 6) is 1.80. The molecule has 32 heavy (non-hydrogen) atoms. The Morgan fingerprint density at radius 2 is 1.56 bits per heavy atom. The molecule has 0 amide bonds. The predicted octanol–water partition coefficient (Wildman–Crippen LogP) is 5.96. The molecule has 0 aliphatic heterocycles. The van der Waals surface area contributed by atoms with Gasteiger partial charge >= 0.3 is 6.18 Å². The van der Waals surface area contributed by atoms with E-state index in [4.69, 9.17) is 5.73 Å². The average Bonchev–Trinajstić information content (AvgIpc) is 2.99. The van der Waals surface area contributed by atoms with Crippen molar-refractivity contribution in [3.05, 3.63) is 0 Å². The van der Waals surface area contributed by atoms with Crippen molar-refractivity contribution >= 4 is 0 Å². The van der Waals surface area contributed by atoms with E-state index in [2.05, 4.69) is 13.8 Å². The smallest absolute Gasteiger partial charge is 0.390 e. The molecular formula is C26H44F3NO2. The molecule has 6 heteroatoms. The monoisotopic (exact) mass is 459 g/mol. The number of aliphatic hydroxyl groups is 2. The molecule has 3 nitrogen and oxygen atoms in total. The molecule has 4 N–H and O–H groups in total. The molecule has 4 fully saturated rings. The number of alkyl halides is 3. The molecule has 4 aliphatic carbocycles. The molecule has 0 saturated heterocycles. The molecule has 0 bridgehead atoms. The molecule has 9 atom stereocenters. The van der Waals surface area contributed by atoms with E-state index in [9.17, 15) is 23.4 Å². The Labute approximate surface area is 191 Å². The first-order valence-electron chi connectivity index (χ1n) is 12.9. The van der Waals surface area contributed by atoms with E-state index in [1.807, 2.05) is 6.92 Å². The second-order valence-electron chi connectivity index (χ2n) is 13.1. The Kier molecular flexibility index (Phi) is 5.87. The third-order valence-corrected chi connectivity index (χ3v) is 11.2. The first kappa shape index (κ1) is 24.8. The number of rotatable bonds is 4. The van der Waals surface area contributed by atoms with Gasteiger partial charge in [-0.25, -0.2) is 0 Å². The van der Waals surface area contributed by atoms with Gasteiger partial charge in [0.2, 0.25) is 0 Å². The van der Waals surface area contributed by atoms with Crippen LogP contribution in [-0.2, 0) is 0 Å². The van der Waals surface area contributed by atoms with E-state index in [0.717, 1.165) is 71.1 Å². The summed E-state index contributed by atoms with van der Waals surface area (Å²) in [6.07, 6.45) is 5.46. The highest BCUT2D eigenvalue weighted by molar-refractivity contribution is 5.18. The molecule has 0 spiro atoms. The maximum Gasteiger partial charge on any atom is 0.416 e. The highest BCUT2D eigenvalue weighted by Gasteiger charge is 2.66. The van der Waals surface area contributed by atoms with Crippen LogP contribution in [0.15, 0.2) is 0 Å². The zero-order valence-electron chi connectivity index (χ0n) is 20.4. The Morgan fingerprint density at radius 3 is 2.22 bits per heavy atom. The third kappa shape index (κ3) is 3.75. The van der Waals surface area contributed by atoms with Gasteiger partial charge < -0.3 is 15.9 Å². The lowest BCUT2D eigenvalue weighted by Gasteiger charge is -2.66. The highest BCUT2D eigenvalue weighted by atomic mass is 19.4. The summed E-state index contributed by atoms with van der Waals surface area (Å²) in [6.45, 7) is 7.65. The largest absolute Gasteiger partial charge is 0.416 e.